The molecule has 0 fully saturated rings. The Bertz CT molecular complexity index is 1430. The van der Waals surface area contributed by atoms with Crippen LogP contribution in [0.5, 0.6) is 23.0 Å². The van der Waals surface area contributed by atoms with E-state index in [1.54, 1.807) is 25.1 Å². The molecule has 4 N–H and O–H groups in total. The van der Waals surface area contributed by atoms with E-state index in [4.69, 9.17) is 4.42 Å². The van der Waals surface area contributed by atoms with Crippen LogP contribution in [0.1, 0.15) is 37.7 Å². The summed E-state index contributed by atoms with van der Waals surface area (Å²) in [6.45, 7) is 7.50. The summed E-state index contributed by atoms with van der Waals surface area (Å²) in [6, 6.07) is 8.88. The molecule has 1 aromatic heterocycles. The lowest BCUT2D eigenvalue weighted by atomic mass is 9.94. The van der Waals surface area contributed by atoms with Gasteiger partial charge in [0.1, 0.15) is 22.5 Å². The van der Waals surface area contributed by atoms with Gasteiger partial charge in [-0.25, -0.2) is 0 Å². The molecule has 3 aromatic carbocycles. The number of aryl methyl sites for hydroxylation is 2. The van der Waals surface area contributed by atoms with Crippen molar-refractivity contribution in [1.29, 1.82) is 0 Å². The zero-order valence-corrected chi connectivity index (χ0v) is 18.5. The summed E-state index contributed by atoms with van der Waals surface area (Å²) in [5.74, 6) is -1.21. The van der Waals surface area contributed by atoms with Crippen LogP contribution in [0.3, 0.4) is 0 Å². The average molecular weight is 434 g/mol. The third-order valence-corrected chi connectivity index (χ3v) is 5.89. The zero-order valence-electron chi connectivity index (χ0n) is 18.5. The maximum Gasteiger partial charge on any atom is 0.204 e. The molecule has 1 heterocycles. The Morgan fingerprint density at radius 2 is 1.66 bits per heavy atom. The Kier molecular flexibility index (Phi) is 5.25. The predicted molar refractivity (Wildman–Crippen MR) is 125 cm³/mol. The number of phenolic OH excluding ortho intramolecular Hbond substituents is 4. The molecule has 0 saturated carbocycles. The third-order valence-electron chi connectivity index (χ3n) is 5.89. The van der Waals surface area contributed by atoms with Crippen molar-refractivity contribution in [1.82, 2.24) is 0 Å². The number of aromatic hydroxyl groups is 4. The Morgan fingerprint density at radius 1 is 0.938 bits per heavy atom. The van der Waals surface area contributed by atoms with E-state index in [1.165, 1.54) is 0 Å². The number of rotatable bonds is 4. The normalized spacial score (nSPS) is 11.7. The first-order valence-corrected chi connectivity index (χ1v) is 10.6. The number of hydrogen-bond acceptors (Lipinski definition) is 6. The van der Waals surface area contributed by atoms with Crippen molar-refractivity contribution in [2.45, 2.75) is 40.5 Å². The number of phenols is 4. The summed E-state index contributed by atoms with van der Waals surface area (Å²) in [5.41, 5.74) is 1.57. The summed E-state index contributed by atoms with van der Waals surface area (Å²) >= 11 is 0. The van der Waals surface area contributed by atoms with E-state index in [9.17, 15) is 25.2 Å². The van der Waals surface area contributed by atoms with Crippen molar-refractivity contribution < 1.29 is 24.8 Å². The minimum absolute atomic E-state index is 0.0803. The molecule has 0 aliphatic rings. The molecular formula is C26H26O6. The molecule has 0 aliphatic heterocycles. The molecular weight excluding hydrogens is 408 g/mol. The Labute approximate surface area is 185 Å². The first kappa shape index (κ1) is 21.6. The molecule has 0 aliphatic carbocycles. The Balaban J connectivity index is 2.05. The minimum Gasteiger partial charge on any atom is -0.508 e. The average Bonchev–Trinajstić information content (AvgIpc) is 2.74. The second-order valence-corrected chi connectivity index (χ2v) is 8.54. The number of benzene rings is 3. The van der Waals surface area contributed by atoms with Gasteiger partial charge >= 0.3 is 0 Å². The molecule has 0 bridgehead atoms. The van der Waals surface area contributed by atoms with Crippen molar-refractivity contribution in [3.8, 4) is 34.1 Å². The van der Waals surface area contributed by atoms with Crippen LogP contribution >= 0.6 is 0 Å². The largest absolute Gasteiger partial charge is 0.508 e. The van der Waals surface area contributed by atoms with Gasteiger partial charge < -0.3 is 24.8 Å². The van der Waals surface area contributed by atoms with Gasteiger partial charge in [-0.1, -0.05) is 39.0 Å². The standard InChI is InChI=1S/C26H26O6/c1-5-16-17-8-6-15(11-14(17)7-9-19(16)27)20-13(4)32-26-18(10-12(2)3)22(28)25(31)24(30)21(26)23(20)29/h6-9,11-12,27-28,30-31H,5,10H2,1-4H3. The fraction of sp³-hybridized carbons (Fsp3) is 0.269. The van der Waals surface area contributed by atoms with Crippen LogP contribution in [0, 0.1) is 12.8 Å². The molecule has 0 radical (unpaired) electrons. The van der Waals surface area contributed by atoms with Crippen LogP contribution in [0.4, 0.5) is 0 Å². The van der Waals surface area contributed by atoms with Crippen LogP contribution in [0.25, 0.3) is 32.9 Å². The van der Waals surface area contributed by atoms with Gasteiger partial charge in [0.15, 0.2) is 11.5 Å². The zero-order chi connectivity index (χ0) is 23.3. The SMILES string of the molecule is CCc1c(O)ccc2cc(-c3c(C)oc4c(CC(C)C)c(O)c(O)c(O)c4c3=O)ccc12. The molecule has 0 amide bonds. The van der Waals surface area contributed by atoms with E-state index in [-0.39, 0.29) is 28.2 Å². The van der Waals surface area contributed by atoms with Gasteiger partial charge in [0.2, 0.25) is 11.2 Å². The van der Waals surface area contributed by atoms with Gasteiger partial charge in [-0.05, 0) is 54.2 Å². The van der Waals surface area contributed by atoms with Gasteiger partial charge in [0.05, 0.1) is 5.56 Å². The number of fused-ring (bicyclic) bond motifs is 2. The monoisotopic (exact) mass is 434 g/mol. The van der Waals surface area contributed by atoms with Gasteiger partial charge in [0.25, 0.3) is 0 Å². The topological polar surface area (TPSA) is 111 Å². The highest BCUT2D eigenvalue weighted by Gasteiger charge is 2.26. The summed E-state index contributed by atoms with van der Waals surface area (Å²) in [4.78, 5) is 13.5. The van der Waals surface area contributed by atoms with Crippen LogP contribution < -0.4 is 5.43 Å². The molecule has 6 heteroatoms. The molecule has 6 nitrogen and oxygen atoms in total. The van der Waals surface area contributed by atoms with E-state index in [0.717, 1.165) is 16.3 Å². The maximum absolute atomic E-state index is 13.5. The lowest BCUT2D eigenvalue weighted by Crippen LogP contribution is -2.10. The Hall–Kier alpha value is -3.67. The molecule has 32 heavy (non-hydrogen) atoms. The highest BCUT2D eigenvalue weighted by atomic mass is 16.3. The molecule has 0 atom stereocenters. The first-order valence-electron chi connectivity index (χ1n) is 10.6. The highest BCUT2D eigenvalue weighted by Crippen LogP contribution is 2.45. The van der Waals surface area contributed by atoms with Crippen molar-refractivity contribution in [2.75, 3.05) is 0 Å². The van der Waals surface area contributed by atoms with Crippen LogP contribution in [0.2, 0.25) is 0 Å². The van der Waals surface area contributed by atoms with E-state index in [1.807, 2.05) is 32.9 Å². The van der Waals surface area contributed by atoms with E-state index < -0.39 is 22.7 Å². The van der Waals surface area contributed by atoms with Crippen molar-refractivity contribution >= 4 is 21.7 Å². The third kappa shape index (κ3) is 3.23. The second-order valence-electron chi connectivity index (χ2n) is 8.54. The van der Waals surface area contributed by atoms with E-state index >= 15 is 0 Å². The van der Waals surface area contributed by atoms with Crippen molar-refractivity contribution in [2.24, 2.45) is 5.92 Å². The summed E-state index contributed by atoms with van der Waals surface area (Å²) in [5, 5.41) is 42.9. The van der Waals surface area contributed by atoms with Crippen LogP contribution in [0.15, 0.2) is 39.5 Å². The van der Waals surface area contributed by atoms with Gasteiger partial charge in [-0.15, -0.1) is 0 Å². The fourth-order valence-electron chi connectivity index (χ4n) is 4.39. The summed E-state index contributed by atoms with van der Waals surface area (Å²) in [7, 11) is 0. The van der Waals surface area contributed by atoms with Crippen LogP contribution in [-0.4, -0.2) is 20.4 Å². The smallest absolute Gasteiger partial charge is 0.204 e. The van der Waals surface area contributed by atoms with Crippen LogP contribution in [-0.2, 0) is 12.8 Å². The second kappa shape index (κ2) is 7.79. The van der Waals surface area contributed by atoms with E-state index in [0.29, 0.717) is 29.7 Å². The van der Waals surface area contributed by atoms with Crippen molar-refractivity contribution in [3.05, 3.63) is 57.4 Å². The molecule has 4 rings (SSSR count). The minimum atomic E-state index is -0.725. The maximum atomic E-state index is 13.5. The van der Waals surface area contributed by atoms with Crippen molar-refractivity contribution in [3.63, 3.8) is 0 Å². The molecule has 0 unspecified atom stereocenters. The Morgan fingerprint density at radius 3 is 2.31 bits per heavy atom. The summed E-state index contributed by atoms with van der Waals surface area (Å²) in [6.07, 6.45) is 1.02. The van der Waals surface area contributed by atoms with Gasteiger partial charge in [-0.3, -0.25) is 4.79 Å². The number of hydrogen-bond donors (Lipinski definition) is 4. The molecule has 0 spiro atoms. The molecule has 166 valence electrons. The molecule has 4 aromatic rings. The predicted octanol–water partition coefficient (Wildman–Crippen LogP) is 5.50. The quantitative estimate of drug-likeness (QED) is 0.315. The first-order chi connectivity index (χ1) is 15.1. The van der Waals surface area contributed by atoms with E-state index in [2.05, 4.69) is 0 Å². The highest BCUT2D eigenvalue weighted by molar-refractivity contribution is 5.96. The lowest BCUT2D eigenvalue weighted by molar-refractivity contribution is 0.365. The fourth-order valence-corrected chi connectivity index (χ4v) is 4.39. The molecule has 0 saturated heterocycles. The van der Waals surface area contributed by atoms with Gasteiger partial charge in [0, 0.05) is 11.1 Å². The summed E-state index contributed by atoms with van der Waals surface area (Å²) < 4.78 is 5.98. The lowest BCUT2D eigenvalue weighted by Gasteiger charge is -2.16. The van der Waals surface area contributed by atoms with Gasteiger partial charge in [-0.2, -0.15) is 0 Å².